The van der Waals surface area contributed by atoms with E-state index in [1.807, 2.05) is 0 Å². The van der Waals surface area contributed by atoms with Crippen LogP contribution in [0, 0.1) is 11.6 Å². The molecule has 5 heteroatoms. The first kappa shape index (κ1) is 13.5. The Kier molecular flexibility index (Phi) is 3.70. The van der Waals surface area contributed by atoms with Gasteiger partial charge in [0.05, 0.1) is 0 Å². The van der Waals surface area contributed by atoms with Gasteiger partial charge in [0.15, 0.2) is 0 Å². The molecule has 1 unspecified atom stereocenters. The average Bonchev–Trinajstić information content (AvgIpc) is 2.74. The maximum Gasteiger partial charge on any atom is 0.254 e. The van der Waals surface area contributed by atoms with Crippen molar-refractivity contribution < 1.29 is 13.6 Å². The number of rotatable bonds is 1. The molecule has 0 bridgehead atoms. The number of hydrogen-bond acceptors (Lipinski definition) is 2. The van der Waals surface area contributed by atoms with Gasteiger partial charge < -0.3 is 4.90 Å². The zero-order valence-corrected chi connectivity index (χ0v) is 11.3. The highest BCUT2D eigenvalue weighted by Crippen LogP contribution is 2.22. The van der Waals surface area contributed by atoms with Crippen LogP contribution in [-0.4, -0.2) is 47.9 Å². The third kappa shape index (κ3) is 2.68. The van der Waals surface area contributed by atoms with E-state index in [2.05, 4.69) is 4.90 Å². The molecular weight excluding hydrogens is 262 g/mol. The van der Waals surface area contributed by atoms with Gasteiger partial charge >= 0.3 is 0 Å². The maximum absolute atomic E-state index is 13.2. The number of carbonyl (C=O) groups excluding carboxylic acids is 1. The zero-order chi connectivity index (χ0) is 14.1. The van der Waals surface area contributed by atoms with Crippen LogP contribution in [0.5, 0.6) is 0 Å². The van der Waals surface area contributed by atoms with Gasteiger partial charge in [-0.2, -0.15) is 0 Å². The second-order valence-corrected chi connectivity index (χ2v) is 5.59. The lowest BCUT2D eigenvalue weighted by Crippen LogP contribution is -2.39. The number of halogens is 2. The van der Waals surface area contributed by atoms with E-state index < -0.39 is 11.6 Å². The fourth-order valence-electron chi connectivity index (χ4n) is 3.25. The summed E-state index contributed by atoms with van der Waals surface area (Å²) in [5.74, 6) is -1.67. The van der Waals surface area contributed by atoms with E-state index in [9.17, 15) is 13.6 Å². The molecular formula is C15H18F2N2O. The fourth-order valence-corrected chi connectivity index (χ4v) is 3.25. The van der Waals surface area contributed by atoms with Gasteiger partial charge in [-0.3, -0.25) is 9.69 Å². The second-order valence-electron chi connectivity index (χ2n) is 5.59. The van der Waals surface area contributed by atoms with Crippen LogP contribution in [0.15, 0.2) is 18.2 Å². The van der Waals surface area contributed by atoms with E-state index in [1.165, 1.54) is 6.42 Å². The van der Waals surface area contributed by atoms with Gasteiger partial charge in [-0.15, -0.1) is 0 Å². The zero-order valence-electron chi connectivity index (χ0n) is 11.3. The van der Waals surface area contributed by atoms with Crippen molar-refractivity contribution in [1.29, 1.82) is 0 Å². The van der Waals surface area contributed by atoms with Crippen LogP contribution < -0.4 is 0 Å². The SMILES string of the molecule is O=C(c1cc(F)cc(F)c1)N1CCCN2CCCC2C1. The van der Waals surface area contributed by atoms with Crippen molar-refractivity contribution in [3.05, 3.63) is 35.4 Å². The monoisotopic (exact) mass is 280 g/mol. The molecule has 2 saturated heterocycles. The van der Waals surface area contributed by atoms with Gasteiger partial charge in [0.25, 0.3) is 5.91 Å². The molecule has 1 aromatic rings. The summed E-state index contributed by atoms with van der Waals surface area (Å²) >= 11 is 0. The molecule has 3 nitrogen and oxygen atoms in total. The molecule has 0 saturated carbocycles. The molecule has 20 heavy (non-hydrogen) atoms. The van der Waals surface area contributed by atoms with E-state index in [0.29, 0.717) is 19.1 Å². The molecule has 2 fully saturated rings. The van der Waals surface area contributed by atoms with Crippen LogP contribution in [0.2, 0.25) is 0 Å². The number of amides is 1. The van der Waals surface area contributed by atoms with Gasteiger partial charge in [0, 0.05) is 37.3 Å². The fraction of sp³-hybridized carbons (Fsp3) is 0.533. The highest BCUT2D eigenvalue weighted by atomic mass is 19.1. The summed E-state index contributed by atoms with van der Waals surface area (Å²) in [7, 11) is 0. The largest absolute Gasteiger partial charge is 0.337 e. The predicted molar refractivity (Wildman–Crippen MR) is 71.5 cm³/mol. The smallest absolute Gasteiger partial charge is 0.254 e. The summed E-state index contributed by atoms with van der Waals surface area (Å²) in [5.41, 5.74) is 0.106. The Morgan fingerprint density at radius 3 is 2.50 bits per heavy atom. The molecule has 2 heterocycles. The number of hydrogen-bond donors (Lipinski definition) is 0. The van der Waals surface area contributed by atoms with Gasteiger partial charge in [0.2, 0.25) is 0 Å². The van der Waals surface area contributed by atoms with Crippen LogP contribution in [0.1, 0.15) is 29.6 Å². The molecule has 1 atom stereocenters. The minimum absolute atomic E-state index is 0.106. The quantitative estimate of drug-likeness (QED) is 0.788. The lowest BCUT2D eigenvalue weighted by atomic mass is 10.1. The molecule has 2 aliphatic heterocycles. The standard InChI is InChI=1S/C15H18F2N2O/c16-12-7-11(8-13(17)9-12)15(20)19-6-2-5-18-4-1-3-14(18)10-19/h7-9,14H,1-6,10H2. The van der Waals surface area contributed by atoms with Crippen molar-refractivity contribution in [2.45, 2.75) is 25.3 Å². The highest BCUT2D eigenvalue weighted by Gasteiger charge is 2.31. The van der Waals surface area contributed by atoms with E-state index >= 15 is 0 Å². The molecule has 0 aromatic heterocycles. The Balaban J connectivity index is 1.78. The van der Waals surface area contributed by atoms with Crippen molar-refractivity contribution in [1.82, 2.24) is 9.80 Å². The maximum atomic E-state index is 13.2. The Labute approximate surface area is 117 Å². The molecule has 0 spiro atoms. The summed E-state index contributed by atoms with van der Waals surface area (Å²) in [5, 5.41) is 0. The Morgan fingerprint density at radius 2 is 1.75 bits per heavy atom. The summed E-state index contributed by atoms with van der Waals surface area (Å²) in [6.07, 6.45) is 3.18. The molecule has 0 aliphatic carbocycles. The van der Waals surface area contributed by atoms with Crippen LogP contribution in [0.25, 0.3) is 0 Å². The molecule has 1 amide bonds. The molecule has 108 valence electrons. The van der Waals surface area contributed by atoms with Crippen molar-refractivity contribution in [3.63, 3.8) is 0 Å². The second kappa shape index (κ2) is 5.48. The Morgan fingerprint density at radius 1 is 1.05 bits per heavy atom. The Bertz CT molecular complexity index is 500. The third-order valence-corrected chi connectivity index (χ3v) is 4.20. The van der Waals surface area contributed by atoms with Crippen molar-refractivity contribution >= 4 is 5.91 Å². The topological polar surface area (TPSA) is 23.6 Å². The number of nitrogens with zero attached hydrogens (tertiary/aromatic N) is 2. The number of fused-ring (bicyclic) bond motifs is 1. The van der Waals surface area contributed by atoms with E-state index in [1.54, 1.807) is 4.90 Å². The van der Waals surface area contributed by atoms with E-state index in [4.69, 9.17) is 0 Å². The minimum Gasteiger partial charge on any atom is -0.337 e. The Hall–Kier alpha value is -1.49. The first-order valence-corrected chi connectivity index (χ1v) is 7.13. The van der Waals surface area contributed by atoms with Crippen LogP contribution in [-0.2, 0) is 0 Å². The number of benzene rings is 1. The minimum atomic E-state index is -0.703. The summed E-state index contributed by atoms with van der Waals surface area (Å²) in [6, 6.07) is 3.42. The van der Waals surface area contributed by atoms with Crippen molar-refractivity contribution in [2.24, 2.45) is 0 Å². The normalized spacial score (nSPS) is 23.5. The van der Waals surface area contributed by atoms with E-state index in [0.717, 1.165) is 44.1 Å². The van der Waals surface area contributed by atoms with Crippen LogP contribution in [0.3, 0.4) is 0 Å². The van der Waals surface area contributed by atoms with Gasteiger partial charge in [-0.25, -0.2) is 8.78 Å². The highest BCUT2D eigenvalue weighted by molar-refractivity contribution is 5.94. The lowest BCUT2D eigenvalue weighted by molar-refractivity contribution is 0.0742. The summed E-state index contributed by atoms with van der Waals surface area (Å²) in [6.45, 7) is 3.42. The van der Waals surface area contributed by atoms with Crippen LogP contribution in [0.4, 0.5) is 8.78 Å². The average molecular weight is 280 g/mol. The van der Waals surface area contributed by atoms with Crippen LogP contribution >= 0.6 is 0 Å². The molecule has 0 N–H and O–H groups in total. The van der Waals surface area contributed by atoms with Crippen molar-refractivity contribution in [2.75, 3.05) is 26.2 Å². The first-order chi connectivity index (χ1) is 9.63. The third-order valence-electron chi connectivity index (χ3n) is 4.20. The van der Waals surface area contributed by atoms with E-state index in [-0.39, 0.29) is 11.5 Å². The predicted octanol–water partition coefficient (Wildman–Crippen LogP) is 2.28. The van der Waals surface area contributed by atoms with Crippen molar-refractivity contribution in [3.8, 4) is 0 Å². The van der Waals surface area contributed by atoms with Gasteiger partial charge in [-0.05, 0) is 37.9 Å². The molecule has 3 rings (SSSR count). The molecule has 0 radical (unpaired) electrons. The summed E-state index contributed by atoms with van der Waals surface area (Å²) in [4.78, 5) is 16.6. The summed E-state index contributed by atoms with van der Waals surface area (Å²) < 4.78 is 26.5. The van der Waals surface area contributed by atoms with Gasteiger partial charge in [0.1, 0.15) is 11.6 Å². The van der Waals surface area contributed by atoms with Gasteiger partial charge in [-0.1, -0.05) is 0 Å². The number of carbonyl (C=O) groups is 1. The molecule has 1 aromatic carbocycles. The lowest BCUT2D eigenvalue weighted by Gasteiger charge is -2.25. The molecule has 2 aliphatic rings. The first-order valence-electron chi connectivity index (χ1n) is 7.13.